The standard InChI is InChI=1S/C23H24N4O4/c28-21-17-5-1-6-18(20(17)23(30)27(21)15-16-4-2-8-24-14-16)25-9-11-26(12-10-25)22(29)19-7-3-13-31-19/h1-2,4-6,8,14,19H,3,7,9-13,15H2. The number of fused-ring (bicyclic) bond motifs is 1. The summed E-state index contributed by atoms with van der Waals surface area (Å²) in [6.45, 7) is 3.22. The van der Waals surface area contributed by atoms with Crippen LogP contribution in [-0.2, 0) is 16.1 Å². The SMILES string of the molecule is O=C(C1CCCO1)N1CCN(c2cccc3c2C(=O)N(Cc2cccnc2)C3=O)CC1. The molecule has 8 nitrogen and oxygen atoms in total. The van der Waals surface area contributed by atoms with Gasteiger partial charge in [-0.2, -0.15) is 0 Å². The summed E-state index contributed by atoms with van der Waals surface area (Å²) in [7, 11) is 0. The van der Waals surface area contributed by atoms with Crippen LogP contribution in [0, 0.1) is 0 Å². The number of benzene rings is 1. The fraction of sp³-hybridized carbons (Fsp3) is 0.391. The van der Waals surface area contributed by atoms with Crippen LogP contribution in [0.1, 0.15) is 39.1 Å². The number of hydrogen-bond donors (Lipinski definition) is 0. The second-order valence-corrected chi connectivity index (χ2v) is 8.07. The summed E-state index contributed by atoms with van der Waals surface area (Å²) in [5, 5.41) is 0. The summed E-state index contributed by atoms with van der Waals surface area (Å²) in [6, 6.07) is 9.05. The Labute approximate surface area is 180 Å². The topological polar surface area (TPSA) is 83.1 Å². The maximum absolute atomic E-state index is 13.2. The van der Waals surface area contributed by atoms with Crippen LogP contribution in [-0.4, -0.2) is 71.4 Å². The Bertz CT molecular complexity index is 1010. The minimum Gasteiger partial charge on any atom is -0.368 e. The number of piperazine rings is 1. The molecule has 5 rings (SSSR count). The van der Waals surface area contributed by atoms with Gasteiger partial charge < -0.3 is 14.5 Å². The van der Waals surface area contributed by atoms with Crippen LogP contribution in [0.25, 0.3) is 0 Å². The van der Waals surface area contributed by atoms with Crippen LogP contribution in [0.2, 0.25) is 0 Å². The number of anilines is 1. The fourth-order valence-electron chi connectivity index (χ4n) is 4.54. The Balaban J connectivity index is 1.32. The van der Waals surface area contributed by atoms with E-state index in [1.807, 2.05) is 23.1 Å². The third-order valence-corrected chi connectivity index (χ3v) is 6.18. The first-order valence-corrected chi connectivity index (χ1v) is 10.7. The van der Waals surface area contributed by atoms with Gasteiger partial charge in [-0.25, -0.2) is 0 Å². The molecule has 160 valence electrons. The van der Waals surface area contributed by atoms with Gasteiger partial charge in [-0.15, -0.1) is 0 Å². The molecule has 0 saturated carbocycles. The molecule has 0 aliphatic carbocycles. The molecule has 1 unspecified atom stereocenters. The van der Waals surface area contributed by atoms with Gasteiger partial charge in [0.15, 0.2) is 0 Å². The van der Waals surface area contributed by atoms with Crippen molar-refractivity contribution in [2.45, 2.75) is 25.5 Å². The minimum absolute atomic E-state index is 0.0596. The summed E-state index contributed by atoms with van der Waals surface area (Å²) >= 11 is 0. The van der Waals surface area contributed by atoms with Crippen molar-refractivity contribution in [1.29, 1.82) is 0 Å². The lowest BCUT2D eigenvalue weighted by Crippen LogP contribution is -2.51. The third kappa shape index (κ3) is 3.57. The summed E-state index contributed by atoms with van der Waals surface area (Å²) in [4.78, 5) is 48.0. The monoisotopic (exact) mass is 420 g/mol. The summed E-state index contributed by atoms with van der Waals surface area (Å²) in [6.07, 6.45) is 4.72. The predicted octanol–water partition coefficient (Wildman–Crippen LogP) is 1.71. The highest BCUT2D eigenvalue weighted by molar-refractivity contribution is 6.23. The van der Waals surface area contributed by atoms with Crippen molar-refractivity contribution in [1.82, 2.24) is 14.8 Å². The molecule has 2 aromatic rings. The zero-order valence-electron chi connectivity index (χ0n) is 17.2. The van der Waals surface area contributed by atoms with Gasteiger partial charge in [0, 0.05) is 45.2 Å². The number of carbonyl (C=O) groups is 3. The molecule has 1 aromatic carbocycles. The molecule has 0 spiro atoms. The first kappa shape index (κ1) is 19.7. The van der Waals surface area contributed by atoms with Crippen LogP contribution < -0.4 is 4.90 Å². The minimum atomic E-state index is -0.312. The Hall–Kier alpha value is -3.26. The van der Waals surface area contributed by atoms with E-state index in [9.17, 15) is 14.4 Å². The first-order valence-electron chi connectivity index (χ1n) is 10.7. The number of hydrogen-bond acceptors (Lipinski definition) is 6. The summed E-state index contributed by atoms with van der Waals surface area (Å²) in [5.41, 5.74) is 2.45. The van der Waals surface area contributed by atoms with Crippen LogP contribution in [0.5, 0.6) is 0 Å². The molecular formula is C23H24N4O4. The van der Waals surface area contributed by atoms with Crippen molar-refractivity contribution in [2.24, 2.45) is 0 Å². The number of aromatic nitrogens is 1. The normalized spacial score (nSPS) is 21.0. The lowest BCUT2D eigenvalue weighted by molar-refractivity contribution is -0.141. The molecule has 2 saturated heterocycles. The van der Waals surface area contributed by atoms with E-state index in [1.54, 1.807) is 24.5 Å². The number of amides is 3. The summed E-state index contributed by atoms with van der Waals surface area (Å²) in [5.74, 6) is -0.500. The highest BCUT2D eigenvalue weighted by Crippen LogP contribution is 2.33. The molecule has 0 bridgehead atoms. The molecule has 0 N–H and O–H groups in total. The Morgan fingerprint density at radius 1 is 1.06 bits per heavy atom. The van der Waals surface area contributed by atoms with E-state index in [0.717, 1.165) is 24.1 Å². The predicted molar refractivity (Wildman–Crippen MR) is 113 cm³/mol. The maximum atomic E-state index is 13.2. The number of ether oxygens (including phenoxy) is 1. The third-order valence-electron chi connectivity index (χ3n) is 6.18. The second-order valence-electron chi connectivity index (χ2n) is 8.07. The van der Waals surface area contributed by atoms with E-state index in [1.165, 1.54) is 4.90 Å². The van der Waals surface area contributed by atoms with E-state index in [0.29, 0.717) is 43.9 Å². The highest BCUT2D eigenvalue weighted by Gasteiger charge is 2.39. The smallest absolute Gasteiger partial charge is 0.263 e. The molecule has 3 aliphatic rings. The van der Waals surface area contributed by atoms with E-state index in [4.69, 9.17) is 4.74 Å². The lowest BCUT2D eigenvalue weighted by Gasteiger charge is -2.37. The largest absolute Gasteiger partial charge is 0.368 e. The number of pyridine rings is 1. The fourth-order valence-corrected chi connectivity index (χ4v) is 4.54. The second kappa shape index (κ2) is 8.11. The molecule has 4 heterocycles. The van der Waals surface area contributed by atoms with Crippen molar-refractivity contribution in [3.05, 3.63) is 59.4 Å². The summed E-state index contributed by atoms with van der Waals surface area (Å²) < 4.78 is 5.53. The van der Waals surface area contributed by atoms with Gasteiger partial charge in [0.1, 0.15) is 6.10 Å². The van der Waals surface area contributed by atoms with Crippen LogP contribution in [0.4, 0.5) is 5.69 Å². The van der Waals surface area contributed by atoms with Crippen molar-refractivity contribution >= 4 is 23.4 Å². The van der Waals surface area contributed by atoms with Gasteiger partial charge in [-0.3, -0.25) is 24.3 Å². The Morgan fingerprint density at radius 2 is 1.90 bits per heavy atom. The van der Waals surface area contributed by atoms with Crippen LogP contribution in [0.15, 0.2) is 42.7 Å². The van der Waals surface area contributed by atoms with Crippen molar-refractivity contribution in [2.75, 3.05) is 37.7 Å². The number of rotatable bonds is 4. The Kier molecular flexibility index (Phi) is 5.15. The van der Waals surface area contributed by atoms with Gasteiger partial charge in [-0.05, 0) is 36.6 Å². The molecule has 2 fully saturated rings. The zero-order chi connectivity index (χ0) is 21.4. The van der Waals surface area contributed by atoms with Gasteiger partial charge in [0.2, 0.25) is 0 Å². The number of imide groups is 1. The van der Waals surface area contributed by atoms with E-state index < -0.39 is 0 Å². The van der Waals surface area contributed by atoms with E-state index in [2.05, 4.69) is 9.88 Å². The Morgan fingerprint density at radius 3 is 2.61 bits per heavy atom. The maximum Gasteiger partial charge on any atom is 0.263 e. The molecule has 1 atom stereocenters. The molecule has 1 aromatic heterocycles. The molecule has 0 radical (unpaired) electrons. The van der Waals surface area contributed by atoms with Gasteiger partial charge in [0.05, 0.1) is 23.4 Å². The quantitative estimate of drug-likeness (QED) is 0.701. The average molecular weight is 420 g/mol. The van der Waals surface area contributed by atoms with Crippen LogP contribution in [0.3, 0.4) is 0 Å². The van der Waals surface area contributed by atoms with E-state index >= 15 is 0 Å². The van der Waals surface area contributed by atoms with Crippen LogP contribution >= 0.6 is 0 Å². The molecule has 3 amide bonds. The van der Waals surface area contributed by atoms with Crippen molar-refractivity contribution in [3.63, 3.8) is 0 Å². The van der Waals surface area contributed by atoms with E-state index in [-0.39, 0.29) is 30.4 Å². The molecule has 3 aliphatic heterocycles. The zero-order valence-corrected chi connectivity index (χ0v) is 17.2. The number of nitrogens with zero attached hydrogens (tertiary/aromatic N) is 4. The average Bonchev–Trinajstić information content (AvgIpc) is 3.43. The molecular weight excluding hydrogens is 396 g/mol. The van der Waals surface area contributed by atoms with Crippen molar-refractivity contribution < 1.29 is 19.1 Å². The van der Waals surface area contributed by atoms with Gasteiger partial charge >= 0.3 is 0 Å². The van der Waals surface area contributed by atoms with Crippen molar-refractivity contribution in [3.8, 4) is 0 Å². The number of carbonyl (C=O) groups excluding carboxylic acids is 3. The molecule has 31 heavy (non-hydrogen) atoms. The highest BCUT2D eigenvalue weighted by atomic mass is 16.5. The lowest BCUT2D eigenvalue weighted by atomic mass is 10.1. The van der Waals surface area contributed by atoms with Gasteiger partial charge in [-0.1, -0.05) is 12.1 Å². The molecule has 8 heteroatoms. The van der Waals surface area contributed by atoms with Gasteiger partial charge in [0.25, 0.3) is 17.7 Å². The first-order chi connectivity index (χ1) is 15.1.